The number of nitrogens with one attached hydrogen (secondary N) is 1. The minimum Gasteiger partial charge on any atom is -0.382 e. The number of rotatable bonds is 9. The average Bonchev–Trinajstić information content (AvgIpc) is 2.16. The normalized spacial score (nSPS) is 13.2. The van der Waals surface area contributed by atoms with Gasteiger partial charge in [0, 0.05) is 20.8 Å². The Kier molecular flexibility index (Phi) is 9.80. The van der Waals surface area contributed by atoms with E-state index in [0.29, 0.717) is 13.2 Å². The summed E-state index contributed by atoms with van der Waals surface area (Å²) in [6, 6.07) is 0. The van der Waals surface area contributed by atoms with E-state index in [1.165, 1.54) is 0 Å². The Morgan fingerprint density at radius 1 is 1.23 bits per heavy atom. The Labute approximate surface area is 80.5 Å². The van der Waals surface area contributed by atoms with Crippen LogP contribution in [0.2, 0.25) is 0 Å². The summed E-state index contributed by atoms with van der Waals surface area (Å²) < 4.78 is 15.5. The van der Waals surface area contributed by atoms with E-state index < -0.39 is 0 Å². The van der Waals surface area contributed by atoms with Gasteiger partial charge in [-0.3, -0.25) is 0 Å². The third-order valence-corrected chi connectivity index (χ3v) is 1.71. The highest BCUT2D eigenvalue weighted by Gasteiger charge is 2.05. The van der Waals surface area contributed by atoms with Crippen LogP contribution < -0.4 is 5.32 Å². The molecule has 4 heteroatoms. The lowest BCUT2D eigenvalue weighted by Crippen LogP contribution is -2.24. The molecule has 4 nitrogen and oxygen atoms in total. The van der Waals surface area contributed by atoms with Crippen molar-refractivity contribution in [3.05, 3.63) is 0 Å². The fourth-order valence-corrected chi connectivity index (χ4v) is 0.936. The van der Waals surface area contributed by atoms with Crippen LogP contribution >= 0.6 is 0 Å². The third-order valence-electron chi connectivity index (χ3n) is 1.71. The Morgan fingerprint density at radius 2 is 2.00 bits per heavy atom. The lowest BCUT2D eigenvalue weighted by Gasteiger charge is -2.14. The summed E-state index contributed by atoms with van der Waals surface area (Å²) in [7, 11) is 5.26. The molecule has 0 amide bonds. The molecule has 1 N–H and O–H groups in total. The smallest absolute Gasteiger partial charge is 0.104 e. The molecule has 0 rings (SSSR count). The predicted octanol–water partition coefficient (Wildman–Crippen LogP) is 0.274. The largest absolute Gasteiger partial charge is 0.382 e. The van der Waals surface area contributed by atoms with E-state index in [1.807, 2.05) is 7.05 Å². The van der Waals surface area contributed by atoms with E-state index in [2.05, 4.69) is 5.32 Å². The molecule has 0 bridgehead atoms. The molecule has 0 saturated heterocycles. The molecule has 0 aromatic heterocycles. The Hall–Kier alpha value is -0.160. The summed E-state index contributed by atoms with van der Waals surface area (Å²) in [6.07, 6.45) is 1.08. The molecule has 1 unspecified atom stereocenters. The summed E-state index contributed by atoms with van der Waals surface area (Å²) in [5, 5.41) is 3.06. The first-order chi connectivity index (χ1) is 6.35. The van der Waals surface area contributed by atoms with Crippen LogP contribution in [0.1, 0.15) is 6.42 Å². The van der Waals surface area contributed by atoms with Gasteiger partial charge < -0.3 is 19.5 Å². The zero-order valence-electron chi connectivity index (χ0n) is 8.84. The van der Waals surface area contributed by atoms with E-state index in [4.69, 9.17) is 14.2 Å². The highest BCUT2D eigenvalue weighted by molar-refractivity contribution is 4.53. The maximum atomic E-state index is 5.40. The molecule has 0 aliphatic heterocycles. The van der Waals surface area contributed by atoms with Crippen molar-refractivity contribution >= 4 is 0 Å². The van der Waals surface area contributed by atoms with Gasteiger partial charge in [-0.1, -0.05) is 0 Å². The van der Waals surface area contributed by atoms with E-state index in [9.17, 15) is 0 Å². The van der Waals surface area contributed by atoms with Crippen LogP contribution in [0.5, 0.6) is 0 Å². The van der Waals surface area contributed by atoms with Crippen LogP contribution in [0.4, 0.5) is 0 Å². The molecule has 0 spiro atoms. The van der Waals surface area contributed by atoms with Gasteiger partial charge >= 0.3 is 0 Å². The first kappa shape index (κ1) is 12.8. The first-order valence-electron chi connectivity index (χ1n) is 4.59. The maximum absolute atomic E-state index is 5.40. The topological polar surface area (TPSA) is 39.7 Å². The van der Waals surface area contributed by atoms with Crippen LogP contribution in [0.25, 0.3) is 0 Å². The second kappa shape index (κ2) is 9.92. The zero-order valence-corrected chi connectivity index (χ0v) is 8.84. The number of hydrogen-bond acceptors (Lipinski definition) is 4. The first-order valence-corrected chi connectivity index (χ1v) is 4.59. The molecular formula is C9H21NO3. The van der Waals surface area contributed by atoms with Crippen molar-refractivity contribution in [2.24, 2.45) is 0 Å². The second-order valence-electron chi connectivity index (χ2n) is 2.85. The summed E-state index contributed by atoms with van der Waals surface area (Å²) in [4.78, 5) is 0. The van der Waals surface area contributed by atoms with Gasteiger partial charge in [0.05, 0.1) is 13.2 Å². The molecule has 0 fully saturated rings. The molecule has 0 heterocycles. The zero-order chi connectivity index (χ0) is 9.94. The average molecular weight is 191 g/mol. The van der Waals surface area contributed by atoms with E-state index in [1.54, 1.807) is 14.2 Å². The van der Waals surface area contributed by atoms with Crippen molar-refractivity contribution in [1.82, 2.24) is 5.32 Å². The van der Waals surface area contributed by atoms with E-state index in [-0.39, 0.29) is 6.10 Å². The Morgan fingerprint density at radius 3 is 2.54 bits per heavy atom. The van der Waals surface area contributed by atoms with Crippen LogP contribution in [0.3, 0.4) is 0 Å². The fourth-order valence-electron chi connectivity index (χ4n) is 0.936. The molecule has 80 valence electrons. The van der Waals surface area contributed by atoms with Gasteiger partial charge in [0.1, 0.15) is 6.10 Å². The van der Waals surface area contributed by atoms with Gasteiger partial charge in [-0.05, 0) is 20.0 Å². The molecule has 0 aromatic carbocycles. The summed E-state index contributed by atoms with van der Waals surface area (Å²) in [5.41, 5.74) is 0. The molecule has 0 aliphatic rings. The fraction of sp³-hybridized carbons (Fsp3) is 1.00. The van der Waals surface area contributed by atoms with Gasteiger partial charge in [-0.25, -0.2) is 0 Å². The Bertz CT molecular complexity index is 101. The molecule has 0 aliphatic carbocycles. The lowest BCUT2D eigenvalue weighted by atomic mass is 10.4. The summed E-state index contributed by atoms with van der Waals surface area (Å²) in [6.45, 7) is 2.95. The monoisotopic (exact) mass is 191 g/mol. The Balaban J connectivity index is 3.17. The number of hydrogen-bond donors (Lipinski definition) is 1. The molecule has 13 heavy (non-hydrogen) atoms. The van der Waals surface area contributed by atoms with E-state index in [0.717, 1.165) is 19.6 Å². The number of methoxy groups -OCH3 is 2. The predicted molar refractivity (Wildman–Crippen MR) is 52.0 cm³/mol. The van der Waals surface area contributed by atoms with Gasteiger partial charge in [-0.15, -0.1) is 0 Å². The minimum absolute atomic E-state index is 0.0552. The van der Waals surface area contributed by atoms with Crippen molar-refractivity contribution in [3.8, 4) is 0 Å². The van der Waals surface area contributed by atoms with Crippen LogP contribution in [-0.2, 0) is 14.2 Å². The molecule has 1 atom stereocenters. The SMILES string of the molecule is CNCCCOCC(COC)OC. The number of ether oxygens (including phenoxy) is 3. The second-order valence-corrected chi connectivity index (χ2v) is 2.85. The maximum Gasteiger partial charge on any atom is 0.104 e. The lowest BCUT2D eigenvalue weighted by molar-refractivity contribution is -0.0305. The quantitative estimate of drug-likeness (QED) is 0.531. The van der Waals surface area contributed by atoms with Gasteiger partial charge in [0.25, 0.3) is 0 Å². The highest BCUT2D eigenvalue weighted by Crippen LogP contribution is 1.92. The van der Waals surface area contributed by atoms with Crippen molar-refractivity contribution in [3.63, 3.8) is 0 Å². The minimum atomic E-state index is 0.0552. The highest BCUT2D eigenvalue weighted by atomic mass is 16.5. The molecule has 0 radical (unpaired) electrons. The third kappa shape index (κ3) is 8.18. The van der Waals surface area contributed by atoms with Crippen LogP contribution in [0.15, 0.2) is 0 Å². The van der Waals surface area contributed by atoms with Gasteiger partial charge in [0.15, 0.2) is 0 Å². The molecular weight excluding hydrogens is 170 g/mol. The van der Waals surface area contributed by atoms with Gasteiger partial charge in [-0.2, -0.15) is 0 Å². The van der Waals surface area contributed by atoms with Crippen molar-refractivity contribution in [2.45, 2.75) is 12.5 Å². The van der Waals surface area contributed by atoms with Crippen molar-refractivity contribution < 1.29 is 14.2 Å². The van der Waals surface area contributed by atoms with Gasteiger partial charge in [0.2, 0.25) is 0 Å². The summed E-state index contributed by atoms with van der Waals surface area (Å²) in [5.74, 6) is 0. The van der Waals surface area contributed by atoms with Crippen LogP contribution in [0, 0.1) is 0 Å². The summed E-state index contributed by atoms with van der Waals surface area (Å²) >= 11 is 0. The van der Waals surface area contributed by atoms with Crippen molar-refractivity contribution in [2.75, 3.05) is 47.6 Å². The van der Waals surface area contributed by atoms with Crippen LogP contribution in [-0.4, -0.2) is 53.7 Å². The molecule has 0 aromatic rings. The van der Waals surface area contributed by atoms with Crippen molar-refractivity contribution in [1.29, 1.82) is 0 Å². The molecule has 0 saturated carbocycles. The standard InChI is InChI=1S/C9H21NO3/c1-10-5-4-6-13-8-9(12-3)7-11-2/h9-10H,4-8H2,1-3H3. The van der Waals surface area contributed by atoms with E-state index >= 15 is 0 Å².